The Labute approximate surface area is 168 Å². The fourth-order valence-electron chi connectivity index (χ4n) is 3.35. The molecule has 4 bridgehead atoms. The Morgan fingerprint density at radius 1 is 0.917 bits per heavy atom. The van der Waals surface area contributed by atoms with E-state index in [2.05, 4.69) is 25.2 Å². The first-order valence-corrected chi connectivity index (χ1v) is 13.2. The molecule has 4 nitrogen and oxygen atoms in total. The summed E-state index contributed by atoms with van der Waals surface area (Å²) in [6.07, 6.45) is 6.73. The maximum absolute atomic E-state index is 9.10. The standard InChI is InChI=1S/C16H22O4Si.2ClH.Zr/c1-21(2,15-7-3-5-13(15)19-11-9-17)16-8-4-6-14(16)20-12-10-18;;;/h7-8,17-18H,3-4,9-12H2,1-2H3;2*1H;/q;;;+2/p-2. The molecule has 0 spiro atoms. The van der Waals surface area contributed by atoms with Crippen LogP contribution in [0.1, 0.15) is 12.8 Å². The van der Waals surface area contributed by atoms with E-state index in [1.165, 1.54) is 17.0 Å². The Morgan fingerprint density at radius 3 is 1.71 bits per heavy atom. The van der Waals surface area contributed by atoms with Gasteiger partial charge in [0.2, 0.25) is 0 Å². The molecular formula is C16H22Cl2O4SiZr. The number of aliphatic hydroxyl groups excluding tert-OH is 2. The van der Waals surface area contributed by atoms with Gasteiger partial charge in [-0.1, -0.05) is 0 Å². The Kier molecular flexibility index (Phi) is 8.51. The zero-order valence-electron chi connectivity index (χ0n) is 13.9. The second kappa shape index (κ2) is 9.20. The average molecular weight is 469 g/mol. The molecule has 0 amide bonds. The van der Waals surface area contributed by atoms with Crippen LogP contribution in [0.15, 0.2) is 40.6 Å². The van der Waals surface area contributed by atoms with Gasteiger partial charge < -0.3 is 24.8 Å². The molecule has 132 valence electrons. The fourth-order valence-corrected chi connectivity index (χ4v) is 10.5. The SMILES string of the molecule is C[Si]1(C)C2=CC[C](=C2OCCO)[Zr+2][C]2=C(OCCO)C1=CC2.[Cl-].[Cl-]. The van der Waals surface area contributed by atoms with Gasteiger partial charge in [-0.15, -0.1) is 0 Å². The van der Waals surface area contributed by atoms with Crippen molar-refractivity contribution in [2.75, 3.05) is 26.4 Å². The molecule has 1 heterocycles. The van der Waals surface area contributed by atoms with Gasteiger partial charge in [-0.05, 0) is 0 Å². The summed E-state index contributed by atoms with van der Waals surface area (Å²) >= 11 is -0.895. The summed E-state index contributed by atoms with van der Waals surface area (Å²) in [5.74, 6) is 2.20. The van der Waals surface area contributed by atoms with E-state index in [0.717, 1.165) is 24.4 Å². The van der Waals surface area contributed by atoms with E-state index in [4.69, 9.17) is 19.7 Å². The fraction of sp³-hybridized carbons (Fsp3) is 0.500. The van der Waals surface area contributed by atoms with Crippen molar-refractivity contribution >= 4 is 8.07 Å². The van der Waals surface area contributed by atoms with Crippen LogP contribution in [0.5, 0.6) is 0 Å². The molecule has 24 heavy (non-hydrogen) atoms. The van der Waals surface area contributed by atoms with E-state index in [1.807, 2.05) is 0 Å². The van der Waals surface area contributed by atoms with Crippen molar-refractivity contribution in [3.8, 4) is 0 Å². The second-order valence-electron chi connectivity index (χ2n) is 6.15. The number of allylic oxidation sites excluding steroid dienone is 6. The molecule has 2 N–H and O–H groups in total. The first-order valence-electron chi connectivity index (χ1n) is 7.72. The number of fused-ring (bicyclic) bond motifs is 2. The normalized spacial score (nSPS) is 19.8. The smallest absolute Gasteiger partial charge is 1.00 e. The van der Waals surface area contributed by atoms with E-state index in [9.17, 15) is 0 Å². The molecule has 0 fully saturated rings. The number of hydrogen-bond acceptors (Lipinski definition) is 4. The van der Waals surface area contributed by atoms with Crippen molar-refractivity contribution in [2.45, 2.75) is 25.9 Å². The molecule has 0 unspecified atom stereocenters. The van der Waals surface area contributed by atoms with Crippen LogP contribution < -0.4 is 24.8 Å². The zero-order valence-corrected chi connectivity index (χ0v) is 18.8. The minimum Gasteiger partial charge on any atom is -1.00 e. The van der Waals surface area contributed by atoms with Crippen molar-refractivity contribution in [3.63, 3.8) is 0 Å². The van der Waals surface area contributed by atoms with Crippen molar-refractivity contribution in [2.24, 2.45) is 0 Å². The maximum atomic E-state index is 9.10. The van der Waals surface area contributed by atoms with Crippen molar-refractivity contribution < 1.29 is 67.7 Å². The molecule has 0 saturated heterocycles. The molecule has 2 aliphatic carbocycles. The topological polar surface area (TPSA) is 58.9 Å². The van der Waals surface area contributed by atoms with Gasteiger partial charge >= 0.3 is 144 Å². The minimum absolute atomic E-state index is 0. The number of ether oxygens (including phenoxy) is 2. The molecule has 3 aliphatic rings. The van der Waals surface area contributed by atoms with E-state index >= 15 is 0 Å². The van der Waals surface area contributed by atoms with Gasteiger partial charge in [0.25, 0.3) is 0 Å². The summed E-state index contributed by atoms with van der Waals surface area (Å²) in [6, 6.07) is 0. The van der Waals surface area contributed by atoms with E-state index in [0.29, 0.717) is 13.2 Å². The van der Waals surface area contributed by atoms with Crippen LogP contribution in [-0.4, -0.2) is 44.7 Å². The molecular weight excluding hydrogens is 446 g/mol. The van der Waals surface area contributed by atoms with Gasteiger partial charge in [0.1, 0.15) is 0 Å². The number of rotatable bonds is 6. The number of hydrogen-bond donors (Lipinski definition) is 2. The van der Waals surface area contributed by atoms with Crippen LogP contribution in [0.2, 0.25) is 13.1 Å². The number of halogens is 2. The largest absolute Gasteiger partial charge is 1.00 e. The molecule has 0 aromatic heterocycles. The van der Waals surface area contributed by atoms with Crippen LogP contribution in [0.25, 0.3) is 0 Å². The first kappa shape index (κ1) is 22.2. The van der Waals surface area contributed by atoms with Gasteiger partial charge in [-0.25, -0.2) is 0 Å². The third-order valence-corrected chi connectivity index (χ3v) is 11.5. The maximum Gasteiger partial charge on any atom is -1.00 e. The molecule has 0 saturated carbocycles. The van der Waals surface area contributed by atoms with Crippen LogP contribution in [-0.2, 0) is 32.7 Å². The summed E-state index contributed by atoms with van der Waals surface area (Å²) in [4.78, 5) is 0. The summed E-state index contributed by atoms with van der Waals surface area (Å²) in [7, 11) is -1.85. The first-order chi connectivity index (χ1) is 10.6. The Hall–Kier alpha value is 0.160. The predicted octanol–water partition coefficient (Wildman–Crippen LogP) is -4.02. The molecule has 3 rings (SSSR count). The Balaban J connectivity index is 0.00000144. The summed E-state index contributed by atoms with van der Waals surface area (Å²) in [5, 5.41) is 20.9. The van der Waals surface area contributed by atoms with Crippen LogP contribution in [0, 0.1) is 0 Å². The summed E-state index contributed by atoms with van der Waals surface area (Å²) in [5.41, 5.74) is 0. The van der Waals surface area contributed by atoms with Gasteiger partial charge in [0.05, 0.1) is 0 Å². The van der Waals surface area contributed by atoms with Crippen molar-refractivity contribution in [1.82, 2.24) is 0 Å². The van der Waals surface area contributed by atoms with Crippen LogP contribution in [0.3, 0.4) is 0 Å². The van der Waals surface area contributed by atoms with Crippen molar-refractivity contribution in [1.29, 1.82) is 0 Å². The molecule has 0 radical (unpaired) electrons. The van der Waals surface area contributed by atoms with Gasteiger partial charge in [0.15, 0.2) is 0 Å². The van der Waals surface area contributed by atoms with E-state index in [-0.39, 0.29) is 38.0 Å². The van der Waals surface area contributed by atoms with Gasteiger partial charge in [-0.2, -0.15) is 0 Å². The molecule has 0 atom stereocenters. The van der Waals surface area contributed by atoms with Gasteiger partial charge in [-0.3, -0.25) is 0 Å². The summed E-state index contributed by atoms with van der Waals surface area (Å²) in [6.45, 7) is 5.58. The third-order valence-electron chi connectivity index (χ3n) is 4.38. The Morgan fingerprint density at radius 2 is 1.33 bits per heavy atom. The molecule has 0 aromatic rings. The quantitative estimate of drug-likeness (QED) is 0.390. The van der Waals surface area contributed by atoms with Crippen LogP contribution >= 0.6 is 0 Å². The minimum atomic E-state index is -1.85. The molecule has 1 aliphatic heterocycles. The average Bonchev–Trinajstić information content (AvgIpc) is 3.09. The predicted molar refractivity (Wildman–Crippen MR) is 83.0 cm³/mol. The van der Waals surface area contributed by atoms with Gasteiger partial charge in [0, 0.05) is 0 Å². The summed E-state index contributed by atoms with van der Waals surface area (Å²) < 4.78 is 14.8. The van der Waals surface area contributed by atoms with Crippen molar-refractivity contribution in [3.05, 3.63) is 40.6 Å². The molecule has 8 heteroatoms. The Bertz CT molecular complexity index is 561. The third kappa shape index (κ3) is 3.94. The van der Waals surface area contributed by atoms with E-state index < -0.39 is 31.3 Å². The number of aliphatic hydroxyl groups is 2. The van der Waals surface area contributed by atoms with E-state index in [1.54, 1.807) is 0 Å². The monoisotopic (exact) mass is 466 g/mol. The zero-order chi connectivity index (χ0) is 15.7. The second-order valence-corrected chi connectivity index (χ2v) is 14.1. The van der Waals surface area contributed by atoms with Crippen LogP contribution in [0.4, 0.5) is 0 Å². The molecule has 0 aromatic carbocycles.